The highest BCUT2D eigenvalue weighted by Crippen LogP contribution is 2.27. The highest BCUT2D eigenvalue weighted by atomic mass is 19.1. The van der Waals surface area contributed by atoms with Crippen LogP contribution in [0.2, 0.25) is 0 Å². The summed E-state index contributed by atoms with van der Waals surface area (Å²) < 4.78 is 13.4. The first-order chi connectivity index (χ1) is 9.78. The van der Waals surface area contributed by atoms with Gasteiger partial charge in [0.1, 0.15) is 5.82 Å². The highest BCUT2D eigenvalue weighted by molar-refractivity contribution is 5.93. The Morgan fingerprint density at radius 2 is 1.90 bits per heavy atom. The molecule has 0 aliphatic heterocycles. The third-order valence-electron chi connectivity index (χ3n) is 3.37. The van der Waals surface area contributed by atoms with E-state index < -0.39 is 0 Å². The first kappa shape index (κ1) is 12.6. The quantitative estimate of drug-likeness (QED) is 0.744. The number of anilines is 2. The molecule has 2 nitrogen and oxygen atoms in total. The fourth-order valence-corrected chi connectivity index (χ4v) is 2.32. The van der Waals surface area contributed by atoms with Gasteiger partial charge in [-0.2, -0.15) is 0 Å². The zero-order chi connectivity index (χ0) is 13.9. The van der Waals surface area contributed by atoms with Crippen LogP contribution in [0.4, 0.5) is 15.8 Å². The predicted octanol–water partition coefficient (Wildman–Crippen LogP) is 4.68. The lowest BCUT2D eigenvalue weighted by molar-refractivity contribution is 0.629. The van der Waals surface area contributed by atoms with Crippen LogP contribution in [0.25, 0.3) is 10.9 Å². The summed E-state index contributed by atoms with van der Waals surface area (Å²) in [5, 5.41) is 4.18. The molecule has 3 rings (SSSR count). The maximum Gasteiger partial charge on any atom is 0.124 e. The van der Waals surface area contributed by atoms with E-state index in [4.69, 9.17) is 0 Å². The first-order valence-corrected chi connectivity index (χ1v) is 6.67. The van der Waals surface area contributed by atoms with Crippen LogP contribution in [0.5, 0.6) is 0 Å². The van der Waals surface area contributed by atoms with Gasteiger partial charge in [0.2, 0.25) is 0 Å². The van der Waals surface area contributed by atoms with Gasteiger partial charge in [0, 0.05) is 23.0 Å². The molecular formula is C17H15FN2. The predicted molar refractivity (Wildman–Crippen MR) is 80.8 cm³/mol. The number of nitrogens with zero attached hydrogens (tertiary/aromatic N) is 1. The average Bonchev–Trinajstić information content (AvgIpc) is 2.48. The summed E-state index contributed by atoms with van der Waals surface area (Å²) in [6, 6.07) is 14.6. The minimum atomic E-state index is -0.252. The number of aryl methyl sites for hydroxylation is 1. The Labute approximate surface area is 117 Å². The second-order valence-electron chi connectivity index (χ2n) is 4.66. The van der Waals surface area contributed by atoms with Crippen LogP contribution >= 0.6 is 0 Å². The molecule has 100 valence electrons. The van der Waals surface area contributed by atoms with Gasteiger partial charge in [-0.3, -0.25) is 4.98 Å². The summed E-state index contributed by atoms with van der Waals surface area (Å²) in [4.78, 5) is 4.26. The molecule has 1 N–H and O–H groups in total. The zero-order valence-corrected chi connectivity index (χ0v) is 11.2. The zero-order valence-electron chi connectivity index (χ0n) is 11.2. The number of halogens is 1. The van der Waals surface area contributed by atoms with E-state index in [1.807, 2.05) is 24.3 Å². The molecule has 3 heteroatoms. The lowest BCUT2D eigenvalue weighted by Crippen LogP contribution is -1.96. The van der Waals surface area contributed by atoms with Gasteiger partial charge in [-0.05, 0) is 42.3 Å². The second kappa shape index (κ2) is 5.29. The van der Waals surface area contributed by atoms with Gasteiger partial charge in [-0.25, -0.2) is 4.39 Å². The minimum absolute atomic E-state index is 0.252. The van der Waals surface area contributed by atoms with E-state index in [1.54, 1.807) is 12.3 Å². The van der Waals surface area contributed by atoms with E-state index in [0.29, 0.717) is 0 Å². The lowest BCUT2D eigenvalue weighted by Gasteiger charge is -2.12. The number of rotatable bonds is 3. The van der Waals surface area contributed by atoms with Gasteiger partial charge in [-0.15, -0.1) is 0 Å². The normalized spacial score (nSPS) is 10.7. The van der Waals surface area contributed by atoms with Crippen LogP contribution in [-0.4, -0.2) is 4.98 Å². The third-order valence-corrected chi connectivity index (χ3v) is 3.37. The van der Waals surface area contributed by atoms with Crippen molar-refractivity contribution in [1.82, 2.24) is 4.98 Å². The summed E-state index contributed by atoms with van der Waals surface area (Å²) in [5.41, 5.74) is 3.93. The molecule has 2 aromatic carbocycles. The Morgan fingerprint density at radius 1 is 1.05 bits per heavy atom. The monoisotopic (exact) mass is 266 g/mol. The molecule has 0 spiro atoms. The van der Waals surface area contributed by atoms with Crippen molar-refractivity contribution in [3.8, 4) is 0 Å². The van der Waals surface area contributed by atoms with Crippen molar-refractivity contribution < 1.29 is 4.39 Å². The fourth-order valence-electron chi connectivity index (χ4n) is 2.32. The number of pyridine rings is 1. The smallest absolute Gasteiger partial charge is 0.124 e. The van der Waals surface area contributed by atoms with Crippen LogP contribution in [0.15, 0.2) is 54.7 Å². The van der Waals surface area contributed by atoms with E-state index >= 15 is 0 Å². The molecule has 0 amide bonds. The van der Waals surface area contributed by atoms with E-state index in [2.05, 4.69) is 23.3 Å². The molecule has 3 aromatic rings. The summed E-state index contributed by atoms with van der Waals surface area (Å²) >= 11 is 0. The SMILES string of the molecule is CCc1ccccc1Nc1ccnc2ccc(F)cc12. The number of fused-ring (bicyclic) bond motifs is 1. The summed E-state index contributed by atoms with van der Waals surface area (Å²) in [5.74, 6) is -0.252. The van der Waals surface area contributed by atoms with E-state index in [9.17, 15) is 4.39 Å². The van der Waals surface area contributed by atoms with Crippen molar-refractivity contribution in [3.63, 3.8) is 0 Å². The van der Waals surface area contributed by atoms with E-state index in [0.717, 1.165) is 28.7 Å². The van der Waals surface area contributed by atoms with Crippen molar-refractivity contribution in [1.29, 1.82) is 0 Å². The van der Waals surface area contributed by atoms with Crippen LogP contribution in [0.3, 0.4) is 0 Å². The van der Waals surface area contributed by atoms with E-state index in [1.165, 1.54) is 17.7 Å². The van der Waals surface area contributed by atoms with Crippen LogP contribution in [-0.2, 0) is 6.42 Å². The Hall–Kier alpha value is -2.42. The molecule has 1 aromatic heterocycles. The molecule has 0 unspecified atom stereocenters. The van der Waals surface area contributed by atoms with Crippen molar-refractivity contribution in [2.75, 3.05) is 5.32 Å². The Bertz CT molecular complexity index is 753. The van der Waals surface area contributed by atoms with Gasteiger partial charge >= 0.3 is 0 Å². The number of aromatic nitrogens is 1. The summed E-state index contributed by atoms with van der Waals surface area (Å²) in [6.45, 7) is 2.12. The molecule has 1 heterocycles. The van der Waals surface area contributed by atoms with Crippen LogP contribution in [0.1, 0.15) is 12.5 Å². The number of nitrogens with one attached hydrogen (secondary N) is 1. The molecule has 0 atom stereocenters. The molecule has 0 fully saturated rings. The molecule has 20 heavy (non-hydrogen) atoms. The Balaban J connectivity index is 2.08. The Kier molecular flexibility index (Phi) is 3.33. The molecule has 0 bridgehead atoms. The van der Waals surface area contributed by atoms with Crippen LogP contribution in [0, 0.1) is 5.82 Å². The standard InChI is InChI=1S/C17H15FN2/c1-2-12-5-3-4-6-15(12)20-17-9-10-19-16-8-7-13(18)11-14(16)17/h3-11H,2H2,1H3,(H,19,20). The number of hydrogen-bond donors (Lipinski definition) is 1. The number of para-hydroxylation sites is 1. The molecule has 0 saturated carbocycles. The van der Waals surface area contributed by atoms with Crippen LogP contribution < -0.4 is 5.32 Å². The summed E-state index contributed by atoms with van der Waals surface area (Å²) in [6.07, 6.45) is 2.68. The second-order valence-corrected chi connectivity index (χ2v) is 4.66. The molecular weight excluding hydrogens is 251 g/mol. The minimum Gasteiger partial charge on any atom is -0.355 e. The van der Waals surface area contributed by atoms with Crippen molar-refractivity contribution in [3.05, 3.63) is 66.1 Å². The largest absolute Gasteiger partial charge is 0.355 e. The topological polar surface area (TPSA) is 24.9 Å². The molecule has 0 radical (unpaired) electrons. The average molecular weight is 266 g/mol. The molecule has 0 aliphatic carbocycles. The highest BCUT2D eigenvalue weighted by Gasteiger charge is 2.05. The van der Waals surface area contributed by atoms with Gasteiger partial charge in [-0.1, -0.05) is 25.1 Å². The van der Waals surface area contributed by atoms with Crippen molar-refractivity contribution in [2.45, 2.75) is 13.3 Å². The third kappa shape index (κ3) is 2.35. The Morgan fingerprint density at radius 3 is 2.75 bits per heavy atom. The molecule has 0 saturated heterocycles. The van der Waals surface area contributed by atoms with Gasteiger partial charge < -0.3 is 5.32 Å². The fraction of sp³-hybridized carbons (Fsp3) is 0.118. The number of hydrogen-bond acceptors (Lipinski definition) is 2. The van der Waals surface area contributed by atoms with Gasteiger partial charge in [0.05, 0.1) is 5.52 Å². The van der Waals surface area contributed by atoms with Gasteiger partial charge in [0.25, 0.3) is 0 Å². The summed E-state index contributed by atoms with van der Waals surface area (Å²) in [7, 11) is 0. The van der Waals surface area contributed by atoms with Crippen molar-refractivity contribution >= 4 is 22.3 Å². The number of benzene rings is 2. The van der Waals surface area contributed by atoms with Gasteiger partial charge in [0.15, 0.2) is 0 Å². The molecule has 0 aliphatic rings. The van der Waals surface area contributed by atoms with E-state index in [-0.39, 0.29) is 5.82 Å². The first-order valence-electron chi connectivity index (χ1n) is 6.67. The van der Waals surface area contributed by atoms with Crippen molar-refractivity contribution in [2.24, 2.45) is 0 Å². The maximum atomic E-state index is 13.4. The maximum absolute atomic E-state index is 13.4. The lowest BCUT2D eigenvalue weighted by atomic mass is 10.1.